The van der Waals surface area contributed by atoms with E-state index in [2.05, 4.69) is 0 Å². The smallest absolute Gasteiger partial charge is 0.166 e. The largest absolute Gasteiger partial charge is 0.493 e. The summed E-state index contributed by atoms with van der Waals surface area (Å²) in [6.45, 7) is 0. The molecular formula is C11H14O3. The lowest BCUT2D eigenvalue weighted by Crippen LogP contribution is -1.98. The van der Waals surface area contributed by atoms with Gasteiger partial charge in [-0.25, -0.2) is 0 Å². The average Bonchev–Trinajstić information content (AvgIpc) is 2.59. The van der Waals surface area contributed by atoms with E-state index >= 15 is 0 Å². The van der Waals surface area contributed by atoms with E-state index in [1.807, 2.05) is 12.1 Å². The van der Waals surface area contributed by atoms with E-state index in [1.165, 1.54) is 0 Å². The highest BCUT2D eigenvalue weighted by atomic mass is 16.5. The fraction of sp³-hybridized carbons (Fsp3) is 0.455. The zero-order valence-corrected chi connectivity index (χ0v) is 8.41. The molecule has 1 aliphatic rings. The highest BCUT2D eigenvalue weighted by Gasteiger charge is 2.26. The van der Waals surface area contributed by atoms with Crippen molar-refractivity contribution in [2.45, 2.75) is 18.9 Å². The third-order valence-corrected chi connectivity index (χ3v) is 2.69. The van der Waals surface area contributed by atoms with E-state index in [-0.39, 0.29) is 0 Å². The van der Waals surface area contributed by atoms with E-state index in [0.29, 0.717) is 11.5 Å². The molecule has 1 aromatic rings. The second-order valence-electron chi connectivity index (χ2n) is 3.43. The van der Waals surface area contributed by atoms with Crippen molar-refractivity contribution in [2.24, 2.45) is 0 Å². The lowest BCUT2D eigenvalue weighted by molar-refractivity contribution is 0.175. The van der Waals surface area contributed by atoms with Crippen molar-refractivity contribution in [2.75, 3.05) is 14.2 Å². The molecule has 1 aliphatic carbocycles. The second kappa shape index (κ2) is 3.50. The number of methoxy groups -OCH3 is 2. The number of benzene rings is 1. The number of hydrogen-bond acceptors (Lipinski definition) is 3. The molecule has 1 aromatic carbocycles. The van der Waals surface area contributed by atoms with Crippen molar-refractivity contribution < 1.29 is 14.6 Å². The fourth-order valence-electron chi connectivity index (χ4n) is 2.01. The Hall–Kier alpha value is -1.22. The summed E-state index contributed by atoms with van der Waals surface area (Å²) in [6, 6.07) is 3.88. The molecule has 0 amide bonds. The standard InChI is InChI=1S/C11H14O3/c1-13-9-6-4-7-3-5-8(12)10(7)11(9)14-2/h4,6,8,12H,3,5H2,1-2H3. The van der Waals surface area contributed by atoms with Gasteiger partial charge in [-0.15, -0.1) is 0 Å². The second-order valence-corrected chi connectivity index (χ2v) is 3.43. The number of ether oxygens (including phenoxy) is 2. The molecule has 2 rings (SSSR count). The van der Waals surface area contributed by atoms with Crippen LogP contribution in [0, 0.1) is 0 Å². The van der Waals surface area contributed by atoms with Crippen LogP contribution in [0.1, 0.15) is 23.7 Å². The van der Waals surface area contributed by atoms with Crippen molar-refractivity contribution in [3.05, 3.63) is 23.3 Å². The number of fused-ring (bicyclic) bond motifs is 1. The predicted octanol–water partition coefficient (Wildman–Crippen LogP) is 1.68. The number of rotatable bonds is 2. The first-order chi connectivity index (χ1) is 6.77. The molecule has 1 atom stereocenters. The summed E-state index contributed by atoms with van der Waals surface area (Å²) < 4.78 is 10.4. The highest BCUT2D eigenvalue weighted by Crippen LogP contribution is 2.42. The Bertz CT molecular complexity index is 347. The Balaban J connectivity index is 2.57. The van der Waals surface area contributed by atoms with E-state index in [4.69, 9.17) is 9.47 Å². The SMILES string of the molecule is COc1ccc2c(c1OC)C(O)CC2. The Labute approximate surface area is 83.3 Å². The minimum Gasteiger partial charge on any atom is -0.493 e. The number of aryl methyl sites for hydroxylation is 1. The normalized spacial score (nSPS) is 19.2. The van der Waals surface area contributed by atoms with Crippen molar-refractivity contribution in [3.63, 3.8) is 0 Å². The molecule has 0 aliphatic heterocycles. The van der Waals surface area contributed by atoms with Crippen molar-refractivity contribution in [3.8, 4) is 11.5 Å². The van der Waals surface area contributed by atoms with Gasteiger partial charge in [0.15, 0.2) is 11.5 Å². The number of hydrogen-bond donors (Lipinski definition) is 1. The van der Waals surface area contributed by atoms with Crippen LogP contribution in [0.3, 0.4) is 0 Å². The maximum Gasteiger partial charge on any atom is 0.166 e. The quantitative estimate of drug-likeness (QED) is 0.778. The minimum absolute atomic E-state index is 0.407. The van der Waals surface area contributed by atoms with Crippen molar-refractivity contribution in [1.82, 2.24) is 0 Å². The lowest BCUT2D eigenvalue weighted by Gasteiger charge is -2.13. The maximum atomic E-state index is 9.78. The summed E-state index contributed by atoms with van der Waals surface area (Å²) >= 11 is 0. The van der Waals surface area contributed by atoms with Gasteiger partial charge in [0.2, 0.25) is 0 Å². The molecule has 0 heterocycles. The third-order valence-electron chi connectivity index (χ3n) is 2.69. The van der Waals surface area contributed by atoms with Crippen LogP contribution in [-0.4, -0.2) is 19.3 Å². The minimum atomic E-state index is -0.407. The zero-order chi connectivity index (χ0) is 10.1. The molecule has 14 heavy (non-hydrogen) atoms. The Morgan fingerprint density at radius 1 is 1.29 bits per heavy atom. The van der Waals surface area contributed by atoms with Crippen LogP contribution in [0.5, 0.6) is 11.5 Å². The molecule has 0 aromatic heterocycles. The Morgan fingerprint density at radius 2 is 2.07 bits per heavy atom. The summed E-state index contributed by atoms with van der Waals surface area (Å²) in [5, 5.41) is 9.78. The van der Waals surface area contributed by atoms with E-state index in [1.54, 1.807) is 14.2 Å². The summed E-state index contributed by atoms with van der Waals surface area (Å²) in [6.07, 6.45) is 1.28. The molecule has 1 unspecified atom stereocenters. The molecular weight excluding hydrogens is 180 g/mol. The van der Waals surface area contributed by atoms with Gasteiger partial charge in [0.05, 0.1) is 20.3 Å². The first-order valence-corrected chi connectivity index (χ1v) is 4.69. The van der Waals surface area contributed by atoms with Crippen molar-refractivity contribution >= 4 is 0 Å². The molecule has 0 radical (unpaired) electrons. The van der Waals surface area contributed by atoms with Gasteiger partial charge in [-0.3, -0.25) is 0 Å². The maximum absolute atomic E-state index is 9.78. The van der Waals surface area contributed by atoms with Crippen LogP contribution in [0.2, 0.25) is 0 Å². The Morgan fingerprint density at radius 3 is 2.71 bits per heavy atom. The first kappa shape index (κ1) is 9.34. The first-order valence-electron chi connectivity index (χ1n) is 4.69. The molecule has 0 spiro atoms. The van der Waals surface area contributed by atoms with Gasteiger partial charge in [-0.1, -0.05) is 6.07 Å². The van der Waals surface area contributed by atoms with Gasteiger partial charge in [-0.2, -0.15) is 0 Å². The molecule has 3 nitrogen and oxygen atoms in total. The van der Waals surface area contributed by atoms with Crippen LogP contribution >= 0.6 is 0 Å². The molecule has 0 saturated carbocycles. The van der Waals surface area contributed by atoms with E-state index in [9.17, 15) is 5.11 Å². The van der Waals surface area contributed by atoms with Crippen molar-refractivity contribution in [1.29, 1.82) is 0 Å². The van der Waals surface area contributed by atoms with E-state index in [0.717, 1.165) is 24.0 Å². The highest BCUT2D eigenvalue weighted by molar-refractivity contribution is 5.53. The monoisotopic (exact) mass is 194 g/mol. The number of aliphatic hydroxyl groups excluding tert-OH is 1. The van der Waals surface area contributed by atoms with Gasteiger partial charge in [0.1, 0.15) is 0 Å². The molecule has 0 bridgehead atoms. The average molecular weight is 194 g/mol. The van der Waals surface area contributed by atoms with Gasteiger partial charge in [-0.05, 0) is 24.5 Å². The van der Waals surface area contributed by atoms with Crippen LogP contribution < -0.4 is 9.47 Å². The van der Waals surface area contributed by atoms with Gasteiger partial charge in [0.25, 0.3) is 0 Å². The van der Waals surface area contributed by atoms with Crippen LogP contribution in [0.4, 0.5) is 0 Å². The zero-order valence-electron chi connectivity index (χ0n) is 8.41. The van der Waals surface area contributed by atoms with Gasteiger partial charge < -0.3 is 14.6 Å². The molecule has 0 saturated heterocycles. The summed E-state index contributed by atoms with van der Waals surface area (Å²) in [5.41, 5.74) is 2.06. The van der Waals surface area contributed by atoms with Crippen LogP contribution in [-0.2, 0) is 6.42 Å². The summed E-state index contributed by atoms with van der Waals surface area (Å²) in [4.78, 5) is 0. The van der Waals surface area contributed by atoms with Gasteiger partial charge >= 0.3 is 0 Å². The number of aliphatic hydroxyl groups is 1. The topological polar surface area (TPSA) is 38.7 Å². The van der Waals surface area contributed by atoms with E-state index < -0.39 is 6.10 Å². The van der Waals surface area contributed by atoms with Gasteiger partial charge in [0, 0.05) is 5.56 Å². The summed E-state index contributed by atoms with van der Waals surface area (Å²) in [5.74, 6) is 1.36. The molecule has 0 fully saturated rings. The molecule has 76 valence electrons. The summed E-state index contributed by atoms with van der Waals surface area (Å²) in [7, 11) is 3.20. The molecule has 1 N–H and O–H groups in total. The fourth-order valence-corrected chi connectivity index (χ4v) is 2.01. The third kappa shape index (κ3) is 1.24. The Kier molecular flexibility index (Phi) is 2.33. The predicted molar refractivity (Wildman–Crippen MR) is 52.8 cm³/mol. The lowest BCUT2D eigenvalue weighted by atomic mass is 10.1. The van der Waals surface area contributed by atoms with Crippen LogP contribution in [0.15, 0.2) is 12.1 Å². The molecule has 3 heteroatoms. The van der Waals surface area contributed by atoms with Crippen LogP contribution in [0.25, 0.3) is 0 Å².